The first kappa shape index (κ1) is 14.9. The van der Waals surface area contributed by atoms with Gasteiger partial charge in [-0.3, -0.25) is 9.59 Å². The lowest BCUT2D eigenvalue weighted by Crippen LogP contribution is -2.34. The van der Waals surface area contributed by atoms with Crippen LogP contribution in [0.2, 0.25) is 0 Å². The molecule has 0 aromatic rings. The molecule has 94 valence electrons. The molecule has 16 heavy (non-hydrogen) atoms. The van der Waals surface area contributed by atoms with Crippen LogP contribution in [0.1, 0.15) is 46.5 Å². The van der Waals surface area contributed by atoms with Gasteiger partial charge in [0, 0.05) is 0 Å². The number of carboxylic acids is 2. The predicted octanol–water partition coefficient (Wildman–Crippen LogP) is 2.62. The second kappa shape index (κ2) is 7.25. The summed E-state index contributed by atoms with van der Waals surface area (Å²) < 4.78 is 0. The normalized spacial score (nSPS) is 13.1. The number of aliphatic carboxylic acids is 2. The van der Waals surface area contributed by atoms with Crippen molar-refractivity contribution in [3.63, 3.8) is 0 Å². The SMILES string of the molecule is CCCCCC(C(C)C)C(C(=O)O)C(=O)O. The summed E-state index contributed by atoms with van der Waals surface area (Å²) in [6.45, 7) is 5.83. The number of hydrogen-bond donors (Lipinski definition) is 2. The van der Waals surface area contributed by atoms with Gasteiger partial charge in [-0.25, -0.2) is 0 Å². The molecule has 0 saturated carbocycles. The fourth-order valence-corrected chi connectivity index (χ4v) is 1.99. The molecule has 0 aromatic heterocycles. The Morgan fingerprint density at radius 3 is 1.88 bits per heavy atom. The van der Waals surface area contributed by atoms with Crippen LogP contribution in [0, 0.1) is 17.8 Å². The maximum atomic E-state index is 10.9. The van der Waals surface area contributed by atoms with Gasteiger partial charge in [0.05, 0.1) is 0 Å². The highest BCUT2D eigenvalue weighted by Gasteiger charge is 2.35. The molecule has 2 N–H and O–H groups in total. The molecule has 0 aliphatic carbocycles. The van der Waals surface area contributed by atoms with Crippen LogP contribution in [-0.2, 0) is 9.59 Å². The van der Waals surface area contributed by atoms with E-state index in [0.717, 1.165) is 19.3 Å². The number of carboxylic acid groups (broad SMARTS) is 2. The van der Waals surface area contributed by atoms with Gasteiger partial charge in [-0.15, -0.1) is 0 Å². The average Bonchev–Trinajstić information content (AvgIpc) is 2.14. The van der Waals surface area contributed by atoms with Crippen LogP contribution >= 0.6 is 0 Å². The molecule has 0 fully saturated rings. The molecule has 0 radical (unpaired) electrons. The molecule has 1 unspecified atom stereocenters. The number of hydrogen-bond acceptors (Lipinski definition) is 2. The fourth-order valence-electron chi connectivity index (χ4n) is 1.99. The number of carbonyl (C=O) groups is 2. The van der Waals surface area contributed by atoms with E-state index in [9.17, 15) is 9.59 Å². The fraction of sp³-hybridized carbons (Fsp3) is 0.833. The van der Waals surface area contributed by atoms with Crippen molar-refractivity contribution in [1.29, 1.82) is 0 Å². The van der Waals surface area contributed by atoms with Crippen LogP contribution < -0.4 is 0 Å². The highest BCUT2D eigenvalue weighted by molar-refractivity contribution is 5.93. The third kappa shape index (κ3) is 4.64. The Labute approximate surface area is 96.7 Å². The zero-order valence-corrected chi connectivity index (χ0v) is 10.3. The highest BCUT2D eigenvalue weighted by atomic mass is 16.4. The molecule has 0 rings (SSSR count). The Hall–Kier alpha value is -1.06. The van der Waals surface area contributed by atoms with Gasteiger partial charge in [0.1, 0.15) is 0 Å². The summed E-state index contributed by atoms with van der Waals surface area (Å²) in [5.74, 6) is -3.90. The molecule has 4 heteroatoms. The van der Waals surface area contributed by atoms with Crippen LogP contribution in [-0.4, -0.2) is 22.2 Å². The van der Waals surface area contributed by atoms with E-state index in [0.29, 0.717) is 6.42 Å². The summed E-state index contributed by atoms with van der Waals surface area (Å²) in [7, 11) is 0. The number of unbranched alkanes of at least 4 members (excludes halogenated alkanes) is 2. The van der Waals surface area contributed by atoms with E-state index in [1.54, 1.807) is 0 Å². The van der Waals surface area contributed by atoms with Gasteiger partial charge in [-0.1, -0.05) is 40.0 Å². The summed E-state index contributed by atoms with van der Waals surface area (Å²) in [6, 6.07) is 0. The lowest BCUT2D eigenvalue weighted by Gasteiger charge is -2.24. The van der Waals surface area contributed by atoms with Crippen molar-refractivity contribution in [3.8, 4) is 0 Å². The Bertz CT molecular complexity index is 221. The van der Waals surface area contributed by atoms with Crippen LogP contribution in [0.3, 0.4) is 0 Å². The van der Waals surface area contributed by atoms with Gasteiger partial charge in [0.15, 0.2) is 5.92 Å². The quantitative estimate of drug-likeness (QED) is 0.496. The van der Waals surface area contributed by atoms with Crippen LogP contribution in [0.5, 0.6) is 0 Å². The van der Waals surface area contributed by atoms with Gasteiger partial charge in [0.2, 0.25) is 0 Å². The van der Waals surface area contributed by atoms with E-state index in [1.165, 1.54) is 0 Å². The maximum Gasteiger partial charge on any atom is 0.318 e. The van der Waals surface area contributed by atoms with Gasteiger partial charge >= 0.3 is 11.9 Å². The second-order valence-corrected chi connectivity index (χ2v) is 4.56. The summed E-state index contributed by atoms with van der Waals surface area (Å²) in [6.07, 6.45) is 3.65. The van der Waals surface area contributed by atoms with Crippen LogP contribution in [0.15, 0.2) is 0 Å². The molecule has 0 spiro atoms. The molecular formula is C12H22O4. The third-order valence-electron chi connectivity index (χ3n) is 2.96. The molecule has 0 saturated heterocycles. The zero-order chi connectivity index (χ0) is 12.7. The van der Waals surface area contributed by atoms with E-state index in [2.05, 4.69) is 6.92 Å². The zero-order valence-electron chi connectivity index (χ0n) is 10.3. The smallest absolute Gasteiger partial charge is 0.318 e. The summed E-state index contributed by atoms with van der Waals surface area (Å²) in [5.41, 5.74) is 0. The molecule has 0 aliphatic heterocycles. The minimum absolute atomic E-state index is 0.0778. The summed E-state index contributed by atoms with van der Waals surface area (Å²) in [4.78, 5) is 21.9. The molecule has 0 aliphatic rings. The van der Waals surface area contributed by atoms with Gasteiger partial charge < -0.3 is 10.2 Å². The van der Waals surface area contributed by atoms with Crippen molar-refractivity contribution < 1.29 is 19.8 Å². The lowest BCUT2D eigenvalue weighted by atomic mass is 9.80. The standard InChI is InChI=1S/C12H22O4/c1-4-5-6-7-9(8(2)3)10(11(13)14)12(15)16/h8-10H,4-7H2,1-3H3,(H,13,14)(H,15,16). The largest absolute Gasteiger partial charge is 0.481 e. The molecule has 0 aromatic carbocycles. The van der Waals surface area contributed by atoms with E-state index in [4.69, 9.17) is 10.2 Å². The third-order valence-corrected chi connectivity index (χ3v) is 2.96. The molecule has 0 heterocycles. The second-order valence-electron chi connectivity index (χ2n) is 4.56. The van der Waals surface area contributed by atoms with Crippen LogP contribution in [0.25, 0.3) is 0 Å². The number of rotatable bonds is 8. The Kier molecular flexibility index (Phi) is 6.77. The maximum absolute atomic E-state index is 10.9. The summed E-state index contributed by atoms with van der Waals surface area (Å²) in [5, 5.41) is 17.9. The van der Waals surface area contributed by atoms with Gasteiger partial charge in [-0.2, -0.15) is 0 Å². The van der Waals surface area contributed by atoms with Crippen molar-refractivity contribution in [1.82, 2.24) is 0 Å². The van der Waals surface area contributed by atoms with Crippen molar-refractivity contribution in [2.75, 3.05) is 0 Å². The first-order chi connectivity index (χ1) is 7.41. The van der Waals surface area contributed by atoms with Gasteiger partial charge in [0.25, 0.3) is 0 Å². The molecule has 0 amide bonds. The minimum Gasteiger partial charge on any atom is -0.481 e. The van der Waals surface area contributed by atoms with E-state index in [-0.39, 0.29) is 11.8 Å². The molecule has 0 bridgehead atoms. The Morgan fingerprint density at radius 1 is 1.06 bits per heavy atom. The minimum atomic E-state index is -1.27. The van der Waals surface area contributed by atoms with E-state index >= 15 is 0 Å². The summed E-state index contributed by atoms with van der Waals surface area (Å²) >= 11 is 0. The van der Waals surface area contributed by atoms with E-state index in [1.807, 2.05) is 13.8 Å². The van der Waals surface area contributed by atoms with Crippen LogP contribution in [0.4, 0.5) is 0 Å². The first-order valence-electron chi connectivity index (χ1n) is 5.87. The molecular weight excluding hydrogens is 208 g/mol. The Balaban J connectivity index is 4.59. The Morgan fingerprint density at radius 2 is 1.56 bits per heavy atom. The topological polar surface area (TPSA) is 74.6 Å². The monoisotopic (exact) mass is 230 g/mol. The first-order valence-corrected chi connectivity index (χ1v) is 5.87. The molecule has 1 atom stereocenters. The lowest BCUT2D eigenvalue weighted by molar-refractivity contribution is -0.158. The van der Waals surface area contributed by atoms with E-state index < -0.39 is 17.9 Å². The van der Waals surface area contributed by atoms with Crippen molar-refractivity contribution in [2.24, 2.45) is 17.8 Å². The highest BCUT2D eigenvalue weighted by Crippen LogP contribution is 2.27. The average molecular weight is 230 g/mol. The van der Waals surface area contributed by atoms with Gasteiger partial charge in [-0.05, 0) is 18.3 Å². The van der Waals surface area contributed by atoms with Crippen molar-refractivity contribution in [2.45, 2.75) is 46.5 Å². The van der Waals surface area contributed by atoms with Crippen molar-refractivity contribution in [3.05, 3.63) is 0 Å². The predicted molar refractivity (Wildman–Crippen MR) is 61.2 cm³/mol. The van der Waals surface area contributed by atoms with Crippen molar-refractivity contribution >= 4 is 11.9 Å². The molecule has 4 nitrogen and oxygen atoms in total.